The quantitative estimate of drug-likeness (QED) is 0.697. The SMILES string of the molecule is O=S(=O)(Nc1ccc(Cl)cc1)N1CCc2c([nH]c3ccc(Cl)cc23)C1. The molecule has 4 rings (SSSR count). The molecule has 2 heterocycles. The molecule has 130 valence electrons. The highest BCUT2D eigenvalue weighted by molar-refractivity contribution is 7.90. The largest absolute Gasteiger partial charge is 0.357 e. The van der Waals surface area contributed by atoms with Crippen LogP contribution in [-0.2, 0) is 23.2 Å². The Morgan fingerprint density at radius 2 is 1.76 bits per heavy atom. The fourth-order valence-corrected chi connectivity index (χ4v) is 4.62. The van der Waals surface area contributed by atoms with E-state index < -0.39 is 10.2 Å². The van der Waals surface area contributed by atoms with Gasteiger partial charge in [-0.15, -0.1) is 0 Å². The number of hydrogen-bond donors (Lipinski definition) is 2. The minimum atomic E-state index is -3.64. The molecule has 3 aromatic rings. The minimum absolute atomic E-state index is 0.296. The van der Waals surface area contributed by atoms with E-state index in [-0.39, 0.29) is 0 Å². The molecule has 8 heteroatoms. The van der Waals surface area contributed by atoms with Crippen LogP contribution < -0.4 is 4.72 Å². The van der Waals surface area contributed by atoms with Crippen molar-refractivity contribution in [2.45, 2.75) is 13.0 Å². The number of aromatic nitrogens is 1. The molecule has 1 aliphatic rings. The van der Waals surface area contributed by atoms with Gasteiger partial charge in [0.2, 0.25) is 0 Å². The van der Waals surface area contributed by atoms with Gasteiger partial charge in [0.05, 0.1) is 6.54 Å². The van der Waals surface area contributed by atoms with E-state index in [0.29, 0.717) is 35.2 Å². The maximum Gasteiger partial charge on any atom is 0.302 e. The van der Waals surface area contributed by atoms with E-state index in [1.54, 1.807) is 24.3 Å². The fraction of sp³-hybridized carbons (Fsp3) is 0.176. The van der Waals surface area contributed by atoms with E-state index in [2.05, 4.69) is 9.71 Å². The summed E-state index contributed by atoms with van der Waals surface area (Å²) in [4.78, 5) is 3.31. The van der Waals surface area contributed by atoms with E-state index >= 15 is 0 Å². The van der Waals surface area contributed by atoms with Crippen LogP contribution in [-0.4, -0.2) is 24.3 Å². The number of anilines is 1. The van der Waals surface area contributed by atoms with E-state index in [9.17, 15) is 8.42 Å². The topological polar surface area (TPSA) is 65.2 Å². The predicted octanol–water partition coefficient (Wildman–Crippen LogP) is 4.19. The third kappa shape index (κ3) is 3.22. The number of fused-ring (bicyclic) bond motifs is 3. The highest BCUT2D eigenvalue weighted by atomic mass is 35.5. The Morgan fingerprint density at radius 3 is 2.52 bits per heavy atom. The molecule has 5 nitrogen and oxygen atoms in total. The lowest BCUT2D eigenvalue weighted by atomic mass is 10.0. The Bertz CT molecular complexity index is 1050. The van der Waals surface area contributed by atoms with Gasteiger partial charge in [-0.25, -0.2) is 0 Å². The van der Waals surface area contributed by atoms with Gasteiger partial charge in [0.1, 0.15) is 0 Å². The Labute approximate surface area is 155 Å². The summed E-state index contributed by atoms with van der Waals surface area (Å²) in [5.41, 5.74) is 3.50. The Kier molecular flexibility index (Phi) is 4.16. The van der Waals surface area contributed by atoms with Gasteiger partial charge in [0.25, 0.3) is 0 Å². The molecule has 0 atom stereocenters. The van der Waals surface area contributed by atoms with Crippen LogP contribution in [0.1, 0.15) is 11.3 Å². The van der Waals surface area contributed by atoms with Crippen molar-refractivity contribution in [2.75, 3.05) is 11.3 Å². The first-order valence-corrected chi connectivity index (χ1v) is 9.94. The molecule has 1 aromatic heterocycles. The predicted molar refractivity (Wildman–Crippen MR) is 101 cm³/mol. The Balaban J connectivity index is 1.61. The molecule has 0 spiro atoms. The zero-order chi connectivity index (χ0) is 17.6. The normalized spacial score (nSPS) is 15.3. The van der Waals surface area contributed by atoms with Crippen LogP contribution in [0.15, 0.2) is 42.5 Å². The summed E-state index contributed by atoms with van der Waals surface area (Å²) >= 11 is 11.9. The summed E-state index contributed by atoms with van der Waals surface area (Å²) in [5.74, 6) is 0. The summed E-state index contributed by atoms with van der Waals surface area (Å²) in [6.07, 6.45) is 0.636. The molecular weight excluding hydrogens is 381 g/mol. The highest BCUT2D eigenvalue weighted by Gasteiger charge is 2.28. The summed E-state index contributed by atoms with van der Waals surface area (Å²) in [7, 11) is -3.64. The molecular formula is C17H15Cl2N3O2S. The smallest absolute Gasteiger partial charge is 0.302 e. The fourth-order valence-electron chi connectivity index (χ4n) is 3.12. The summed E-state index contributed by atoms with van der Waals surface area (Å²) in [5, 5.41) is 2.29. The standard InChI is InChI=1S/C17H15Cl2N3O2S/c18-11-1-4-13(5-2-11)21-25(23,24)22-8-7-14-15-9-12(19)3-6-16(15)20-17(14)10-22/h1-6,9,20-21H,7-8,10H2. The summed E-state index contributed by atoms with van der Waals surface area (Å²) < 4.78 is 29.4. The van der Waals surface area contributed by atoms with Gasteiger partial charge in [0, 0.05) is 38.9 Å². The van der Waals surface area contributed by atoms with Crippen LogP contribution in [0, 0.1) is 0 Å². The van der Waals surface area contributed by atoms with Crippen molar-refractivity contribution >= 4 is 50.0 Å². The molecule has 0 bridgehead atoms. The average molecular weight is 396 g/mol. The lowest BCUT2D eigenvalue weighted by Crippen LogP contribution is -2.39. The van der Waals surface area contributed by atoms with Gasteiger partial charge in [-0.3, -0.25) is 4.72 Å². The first-order valence-electron chi connectivity index (χ1n) is 7.75. The minimum Gasteiger partial charge on any atom is -0.357 e. The molecule has 2 N–H and O–H groups in total. The van der Waals surface area contributed by atoms with Gasteiger partial charge < -0.3 is 4.98 Å². The monoisotopic (exact) mass is 395 g/mol. The molecule has 0 radical (unpaired) electrons. The van der Waals surface area contributed by atoms with Crippen molar-refractivity contribution in [3.63, 3.8) is 0 Å². The van der Waals surface area contributed by atoms with Gasteiger partial charge >= 0.3 is 10.2 Å². The van der Waals surface area contributed by atoms with Crippen LogP contribution >= 0.6 is 23.2 Å². The van der Waals surface area contributed by atoms with E-state index in [4.69, 9.17) is 23.2 Å². The molecule has 25 heavy (non-hydrogen) atoms. The first kappa shape index (κ1) is 16.7. The lowest BCUT2D eigenvalue weighted by Gasteiger charge is -2.26. The van der Waals surface area contributed by atoms with Gasteiger partial charge in [0.15, 0.2) is 0 Å². The number of aromatic amines is 1. The second kappa shape index (κ2) is 6.21. The van der Waals surface area contributed by atoms with Gasteiger partial charge in [-0.2, -0.15) is 12.7 Å². The van der Waals surface area contributed by atoms with Crippen molar-refractivity contribution < 1.29 is 8.42 Å². The van der Waals surface area contributed by atoms with Crippen molar-refractivity contribution in [3.8, 4) is 0 Å². The van der Waals surface area contributed by atoms with Crippen LogP contribution in [0.3, 0.4) is 0 Å². The molecule has 0 amide bonds. The van der Waals surface area contributed by atoms with Crippen LogP contribution in [0.25, 0.3) is 10.9 Å². The number of H-pyrrole nitrogens is 1. The molecule has 0 fully saturated rings. The molecule has 1 aliphatic heterocycles. The van der Waals surface area contributed by atoms with Crippen molar-refractivity contribution in [1.82, 2.24) is 9.29 Å². The second-order valence-corrected chi connectivity index (χ2v) is 8.51. The van der Waals surface area contributed by atoms with Crippen LogP contribution in [0.4, 0.5) is 5.69 Å². The second-order valence-electron chi connectivity index (χ2n) is 5.97. The van der Waals surface area contributed by atoms with Gasteiger partial charge in [-0.1, -0.05) is 23.2 Å². The van der Waals surface area contributed by atoms with Crippen molar-refractivity contribution in [1.29, 1.82) is 0 Å². The third-order valence-corrected chi connectivity index (χ3v) is 6.31. The number of halogens is 2. The number of nitrogens with one attached hydrogen (secondary N) is 2. The van der Waals surface area contributed by atoms with Gasteiger partial charge in [-0.05, 0) is 54.4 Å². The van der Waals surface area contributed by atoms with Crippen LogP contribution in [0.5, 0.6) is 0 Å². The maximum atomic E-state index is 12.7. The van der Waals surface area contributed by atoms with E-state index in [1.807, 2.05) is 18.2 Å². The molecule has 0 aliphatic carbocycles. The highest BCUT2D eigenvalue weighted by Crippen LogP contribution is 2.30. The first-order chi connectivity index (χ1) is 11.9. The summed E-state index contributed by atoms with van der Waals surface area (Å²) in [6.45, 7) is 0.708. The number of rotatable bonds is 3. The molecule has 0 saturated heterocycles. The van der Waals surface area contributed by atoms with Crippen LogP contribution in [0.2, 0.25) is 10.0 Å². The Hall–Kier alpha value is -1.73. The lowest BCUT2D eigenvalue weighted by molar-refractivity contribution is 0.391. The van der Waals surface area contributed by atoms with E-state index in [1.165, 1.54) is 4.31 Å². The number of benzene rings is 2. The van der Waals surface area contributed by atoms with E-state index in [0.717, 1.165) is 22.2 Å². The number of nitrogens with zero attached hydrogens (tertiary/aromatic N) is 1. The maximum absolute atomic E-state index is 12.7. The summed E-state index contributed by atoms with van der Waals surface area (Å²) in [6, 6.07) is 12.2. The molecule has 2 aromatic carbocycles. The zero-order valence-corrected chi connectivity index (χ0v) is 15.4. The third-order valence-electron chi connectivity index (χ3n) is 4.33. The number of hydrogen-bond acceptors (Lipinski definition) is 2. The molecule has 0 saturated carbocycles. The average Bonchev–Trinajstić information content (AvgIpc) is 2.94. The van der Waals surface area contributed by atoms with Crippen molar-refractivity contribution in [3.05, 3.63) is 63.8 Å². The molecule has 0 unspecified atom stereocenters. The van der Waals surface area contributed by atoms with Crippen molar-refractivity contribution in [2.24, 2.45) is 0 Å². The Morgan fingerprint density at radius 1 is 1.04 bits per heavy atom. The zero-order valence-electron chi connectivity index (χ0n) is 13.1.